The van der Waals surface area contributed by atoms with Crippen LogP contribution >= 0.6 is 11.8 Å². The van der Waals surface area contributed by atoms with Gasteiger partial charge in [-0.15, -0.1) is 11.8 Å². The number of piperidine rings is 1. The van der Waals surface area contributed by atoms with E-state index in [0.717, 1.165) is 0 Å². The van der Waals surface area contributed by atoms with E-state index in [4.69, 9.17) is 0 Å². The highest BCUT2D eigenvalue weighted by molar-refractivity contribution is 7.98. The van der Waals surface area contributed by atoms with Gasteiger partial charge in [-0.25, -0.2) is 0 Å². The Morgan fingerprint density at radius 3 is 2.56 bits per heavy atom. The molecule has 0 aliphatic carbocycles. The lowest BCUT2D eigenvalue weighted by molar-refractivity contribution is 0.441. The first-order valence-corrected chi connectivity index (χ1v) is 7.13. The largest absolute Gasteiger partial charge is 0.371 e. The quantitative estimate of drug-likeness (QED) is 0.812. The molecule has 88 valence electrons. The summed E-state index contributed by atoms with van der Waals surface area (Å²) in [4.78, 5) is 3.91. The van der Waals surface area contributed by atoms with E-state index in [9.17, 15) is 0 Å². The number of anilines is 1. The Kier molecular flexibility index (Phi) is 4.13. The van der Waals surface area contributed by atoms with Crippen molar-refractivity contribution in [2.75, 3.05) is 31.3 Å². The average molecular weight is 236 g/mol. The molecule has 1 aromatic rings. The summed E-state index contributed by atoms with van der Waals surface area (Å²) >= 11 is 1.84. The predicted molar refractivity (Wildman–Crippen MR) is 72.5 cm³/mol. The first-order chi connectivity index (χ1) is 7.85. The van der Waals surface area contributed by atoms with Crippen LogP contribution in [0.3, 0.4) is 0 Å². The van der Waals surface area contributed by atoms with E-state index in [1.54, 1.807) is 0 Å². The van der Waals surface area contributed by atoms with E-state index in [2.05, 4.69) is 47.8 Å². The standard InChI is InChI=1S/C13H20N2S/c1-14-11-7-9-15(10-8-11)12-5-3-4-6-13(12)16-2/h3-6,11,14H,7-10H2,1-2H3. The van der Waals surface area contributed by atoms with Crippen molar-refractivity contribution in [1.82, 2.24) is 5.32 Å². The highest BCUT2D eigenvalue weighted by Gasteiger charge is 2.19. The minimum Gasteiger partial charge on any atom is -0.371 e. The number of para-hydroxylation sites is 1. The fourth-order valence-electron chi connectivity index (χ4n) is 2.30. The summed E-state index contributed by atoms with van der Waals surface area (Å²) in [7, 11) is 2.07. The van der Waals surface area contributed by atoms with Crippen LogP contribution in [0.2, 0.25) is 0 Å². The summed E-state index contributed by atoms with van der Waals surface area (Å²) in [5.41, 5.74) is 1.41. The molecule has 0 bridgehead atoms. The number of thioether (sulfide) groups is 1. The van der Waals surface area contributed by atoms with Gasteiger partial charge in [0.2, 0.25) is 0 Å². The van der Waals surface area contributed by atoms with Gasteiger partial charge in [0.25, 0.3) is 0 Å². The van der Waals surface area contributed by atoms with Gasteiger partial charge in [0.1, 0.15) is 0 Å². The maximum absolute atomic E-state index is 3.37. The minimum atomic E-state index is 0.706. The van der Waals surface area contributed by atoms with Crippen LogP contribution in [-0.4, -0.2) is 32.4 Å². The van der Waals surface area contributed by atoms with Crippen LogP contribution in [0.5, 0.6) is 0 Å². The number of hydrogen-bond acceptors (Lipinski definition) is 3. The van der Waals surface area contributed by atoms with E-state index in [1.165, 1.54) is 36.5 Å². The fraction of sp³-hybridized carbons (Fsp3) is 0.538. The maximum Gasteiger partial charge on any atom is 0.0504 e. The summed E-state index contributed by atoms with van der Waals surface area (Å²) in [5, 5.41) is 3.37. The number of nitrogens with zero attached hydrogens (tertiary/aromatic N) is 1. The van der Waals surface area contributed by atoms with E-state index in [1.807, 2.05) is 11.8 Å². The molecule has 2 rings (SSSR count). The van der Waals surface area contributed by atoms with Gasteiger partial charge in [0.15, 0.2) is 0 Å². The van der Waals surface area contributed by atoms with Crippen LogP contribution in [0.25, 0.3) is 0 Å². The topological polar surface area (TPSA) is 15.3 Å². The molecule has 0 spiro atoms. The third-order valence-corrected chi connectivity index (χ3v) is 4.11. The van der Waals surface area contributed by atoms with Crippen molar-refractivity contribution in [2.24, 2.45) is 0 Å². The van der Waals surface area contributed by atoms with Crippen molar-refractivity contribution in [1.29, 1.82) is 0 Å². The molecule has 0 aromatic heterocycles. The van der Waals surface area contributed by atoms with Gasteiger partial charge in [-0.1, -0.05) is 12.1 Å². The molecule has 1 aromatic carbocycles. The number of rotatable bonds is 3. The van der Waals surface area contributed by atoms with Gasteiger partial charge >= 0.3 is 0 Å². The molecular weight excluding hydrogens is 216 g/mol. The van der Waals surface area contributed by atoms with E-state index in [-0.39, 0.29) is 0 Å². The van der Waals surface area contributed by atoms with Crippen LogP contribution < -0.4 is 10.2 Å². The molecule has 0 unspecified atom stereocenters. The fourth-order valence-corrected chi connectivity index (χ4v) is 2.92. The van der Waals surface area contributed by atoms with Crippen molar-refractivity contribution in [3.8, 4) is 0 Å². The van der Waals surface area contributed by atoms with Gasteiger partial charge < -0.3 is 10.2 Å². The number of nitrogens with one attached hydrogen (secondary N) is 1. The smallest absolute Gasteiger partial charge is 0.0504 e. The van der Waals surface area contributed by atoms with Gasteiger partial charge in [0, 0.05) is 24.0 Å². The minimum absolute atomic E-state index is 0.706. The van der Waals surface area contributed by atoms with Crippen LogP contribution in [0.4, 0.5) is 5.69 Å². The third kappa shape index (κ3) is 2.53. The Bertz CT molecular complexity index is 332. The molecule has 1 N–H and O–H groups in total. The molecule has 3 heteroatoms. The first kappa shape index (κ1) is 11.8. The second kappa shape index (κ2) is 5.60. The van der Waals surface area contributed by atoms with E-state index >= 15 is 0 Å². The monoisotopic (exact) mass is 236 g/mol. The van der Waals surface area contributed by atoms with Crippen molar-refractivity contribution in [3.05, 3.63) is 24.3 Å². The Morgan fingerprint density at radius 2 is 1.94 bits per heavy atom. The SMILES string of the molecule is CNC1CCN(c2ccccc2SC)CC1. The Balaban J connectivity index is 2.07. The summed E-state index contributed by atoms with van der Waals surface area (Å²) in [6.07, 6.45) is 4.65. The molecule has 0 atom stereocenters. The second-order valence-electron chi connectivity index (χ2n) is 4.22. The first-order valence-electron chi connectivity index (χ1n) is 5.90. The zero-order chi connectivity index (χ0) is 11.4. The van der Waals surface area contributed by atoms with Crippen molar-refractivity contribution in [3.63, 3.8) is 0 Å². The summed E-state index contributed by atoms with van der Waals surface area (Å²) in [5.74, 6) is 0. The molecule has 1 aliphatic heterocycles. The molecule has 16 heavy (non-hydrogen) atoms. The highest BCUT2D eigenvalue weighted by atomic mass is 32.2. The molecular formula is C13H20N2S. The lowest BCUT2D eigenvalue weighted by atomic mass is 10.0. The van der Waals surface area contributed by atoms with Crippen LogP contribution in [0.1, 0.15) is 12.8 Å². The Labute approximate surface area is 102 Å². The zero-order valence-electron chi connectivity index (χ0n) is 10.1. The predicted octanol–water partition coefficient (Wildman–Crippen LogP) is 2.60. The molecule has 0 amide bonds. The Hall–Kier alpha value is -0.670. The average Bonchev–Trinajstić information content (AvgIpc) is 2.39. The molecule has 1 fully saturated rings. The summed E-state index contributed by atoms with van der Waals surface area (Å²) in [6.45, 7) is 2.34. The molecule has 0 saturated carbocycles. The van der Waals surface area contributed by atoms with E-state index < -0.39 is 0 Å². The van der Waals surface area contributed by atoms with Gasteiger partial charge in [0.05, 0.1) is 5.69 Å². The maximum atomic E-state index is 3.37. The Morgan fingerprint density at radius 1 is 1.25 bits per heavy atom. The van der Waals surface area contributed by atoms with E-state index in [0.29, 0.717) is 6.04 Å². The molecule has 1 aliphatic rings. The van der Waals surface area contributed by atoms with Crippen LogP contribution in [-0.2, 0) is 0 Å². The highest BCUT2D eigenvalue weighted by Crippen LogP contribution is 2.30. The van der Waals surface area contributed by atoms with Crippen molar-refractivity contribution < 1.29 is 0 Å². The lowest BCUT2D eigenvalue weighted by Crippen LogP contribution is -2.41. The third-order valence-electron chi connectivity index (χ3n) is 3.33. The number of benzene rings is 1. The lowest BCUT2D eigenvalue weighted by Gasteiger charge is -2.34. The van der Waals surface area contributed by atoms with Crippen molar-refractivity contribution in [2.45, 2.75) is 23.8 Å². The number of hydrogen-bond donors (Lipinski definition) is 1. The second-order valence-corrected chi connectivity index (χ2v) is 5.07. The molecule has 1 saturated heterocycles. The van der Waals surface area contributed by atoms with Gasteiger partial charge in [-0.2, -0.15) is 0 Å². The van der Waals surface area contributed by atoms with Crippen LogP contribution in [0.15, 0.2) is 29.2 Å². The summed E-state index contributed by atoms with van der Waals surface area (Å²) in [6, 6.07) is 9.42. The molecule has 0 radical (unpaired) electrons. The van der Waals surface area contributed by atoms with Gasteiger partial charge in [-0.3, -0.25) is 0 Å². The normalized spacial score (nSPS) is 17.8. The zero-order valence-corrected chi connectivity index (χ0v) is 10.9. The molecule has 1 heterocycles. The summed E-state index contributed by atoms with van der Waals surface area (Å²) < 4.78 is 0. The van der Waals surface area contributed by atoms with Crippen LogP contribution in [0, 0.1) is 0 Å². The van der Waals surface area contributed by atoms with Gasteiger partial charge in [-0.05, 0) is 38.3 Å². The molecule has 2 nitrogen and oxygen atoms in total. The van der Waals surface area contributed by atoms with Crippen molar-refractivity contribution >= 4 is 17.4 Å².